The van der Waals surface area contributed by atoms with Crippen LogP contribution in [0.4, 0.5) is 13.2 Å². The van der Waals surface area contributed by atoms with Crippen LogP contribution in [0.3, 0.4) is 0 Å². The van der Waals surface area contributed by atoms with Gasteiger partial charge in [0.25, 0.3) is 0 Å². The molecule has 3 heterocycles. The van der Waals surface area contributed by atoms with Gasteiger partial charge in [0.15, 0.2) is 11.3 Å². The zero-order valence-electron chi connectivity index (χ0n) is 10.5. The van der Waals surface area contributed by atoms with Gasteiger partial charge in [-0.1, -0.05) is 4.13 Å². The summed E-state index contributed by atoms with van der Waals surface area (Å²) in [6, 6.07) is 0.917. The molecular formula is C9H4F3NO8S2. The summed E-state index contributed by atoms with van der Waals surface area (Å²) in [7, 11) is -11.5. The van der Waals surface area contributed by atoms with Crippen LogP contribution in [-0.4, -0.2) is 28.3 Å². The number of ether oxygens (including phenoxy) is 1. The molecule has 9 nitrogen and oxygen atoms in total. The van der Waals surface area contributed by atoms with E-state index < -0.39 is 37.6 Å². The number of alkyl halides is 3. The number of halogens is 3. The fraction of sp³-hybridized carbons (Fsp3) is 0.222. The largest absolute Gasteiger partial charge is 0.512 e. The van der Waals surface area contributed by atoms with Crippen molar-refractivity contribution in [2.75, 3.05) is 0 Å². The highest BCUT2D eigenvalue weighted by Crippen LogP contribution is 2.41. The Kier molecular flexibility index (Phi) is 3.08. The average molecular weight is 375 g/mol. The SMILES string of the molecule is O=C1OCc2c1c1cc(OS(=O)(=O)NS(=O)(=O)C(F)(F)F)c2o1. The molecule has 2 bridgehead atoms. The van der Waals surface area contributed by atoms with Gasteiger partial charge in [0.2, 0.25) is 0 Å². The van der Waals surface area contributed by atoms with E-state index in [4.69, 9.17) is 4.42 Å². The van der Waals surface area contributed by atoms with Crippen molar-refractivity contribution in [1.29, 1.82) is 0 Å². The quantitative estimate of drug-likeness (QED) is 0.770. The Morgan fingerprint density at radius 2 is 1.87 bits per heavy atom. The van der Waals surface area contributed by atoms with Crippen molar-refractivity contribution < 1.29 is 48.1 Å². The zero-order valence-corrected chi connectivity index (χ0v) is 12.1. The van der Waals surface area contributed by atoms with E-state index in [1.165, 1.54) is 0 Å². The van der Waals surface area contributed by atoms with Gasteiger partial charge in [0.1, 0.15) is 17.8 Å². The standard InChI is InChI=1S/C9H4F3NO8S2/c10-9(11,12)22(15,16)13-23(17,18)21-5-1-4-6-3(7(5)20-4)2-19-8(6)14/h1,13H,2H2. The highest BCUT2D eigenvalue weighted by Gasteiger charge is 2.49. The van der Waals surface area contributed by atoms with Crippen molar-refractivity contribution in [3.63, 3.8) is 0 Å². The van der Waals surface area contributed by atoms with Gasteiger partial charge in [-0.15, -0.1) is 0 Å². The molecule has 0 radical (unpaired) electrons. The van der Waals surface area contributed by atoms with E-state index >= 15 is 0 Å². The van der Waals surface area contributed by atoms with E-state index in [0.717, 1.165) is 6.07 Å². The molecular weight excluding hydrogens is 371 g/mol. The van der Waals surface area contributed by atoms with Gasteiger partial charge in [0, 0.05) is 6.07 Å². The first-order valence-corrected chi connectivity index (χ1v) is 8.39. The van der Waals surface area contributed by atoms with Crippen LogP contribution in [0.5, 0.6) is 5.75 Å². The fourth-order valence-electron chi connectivity index (χ4n) is 1.92. The normalized spacial score (nSPS) is 15.9. The highest BCUT2D eigenvalue weighted by atomic mass is 32.3. The zero-order chi connectivity index (χ0) is 17.2. The second-order valence-corrected chi connectivity index (χ2v) is 7.52. The van der Waals surface area contributed by atoms with Gasteiger partial charge < -0.3 is 13.3 Å². The number of cyclic esters (lactones) is 1. The van der Waals surface area contributed by atoms with Crippen molar-refractivity contribution in [3.8, 4) is 5.75 Å². The first kappa shape index (κ1) is 15.8. The predicted molar refractivity (Wildman–Crippen MR) is 64.2 cm³/mol. The molecule has 23 heavy (non-hydrogen) atoms. The Bertz CT molecular complexity index is 1000. The van der Waals surface area contributed by atoms with Crippen molar-refractivity contribution in [3.05, 3.63) is 17.2 Å². The van der Waals surface area contributed by atoms with Crippen LogP contribution >= 0.6 is 0 Å². The van der Waals surface area contributed by atoms with Crippen molar-refractivity contribution in [2.24, 2.45) is 0 Å². The second-order valence-electron chi connectivity index (χ2n) is 4.30. The minimum atomic E-state index is -6.17. The van der Waals surface area contributed by atoms with Gasteiger partial charge in [-0.25, -0.2) is 13.2 Å². The Labute approximate surface area is 125 Å². The molecule has 1 aliphatic heterocycles. The number of furan rings is 2. The van der Waals surface area contributed by atoms with Crippen LogP contribution in [-0.2, 0) is 31.7 Å². The van der Waals surface area contributed by atoms with Crippen LogP contribution in [0.15, 0.2) is 10.5 Å². The van der Waals surface area contributed by atoms with Gasteiger partial charge in [-0.2, -0.15) is 21.6 Å². The lowest BCUT2D eigenvalue weighted by Gasteiger charge is -2.10. The van der Waals surface area contributed by atoms with E-state index in [1.807, 2.05) is 0 Å². The molecule has 0 saturated carbocycles. The predicted octanol–water partition coefficient (Wildman–Crippen LogP) is 0.604. The molecule has 1 N–H and O–H groups in total. The number of carbonyl (C=O) groups is 1. The maximum Gasteiger partial charge on any atom is 0.512 e. The summed E-state index contributed by atoms with van der Waals surface area (Å²) in [6.07, 6.45) is 0. The molecule has 2 aromatic heterocycles. The van der Waals surface area contributed by atoms with Crippen molar-refractivity contribution in [2.45, 2.75) is 12.1 Å². The summed E-state index contributed by atoms with van der Waals surface area (Å²) in [4.78, 5) is 11.3. The molecule has 0 spiro atoms. The monoisotopic (exact) mass is 375 g/mol. The minimum absolute atomic E-state index is 0.0561. The number of sulfonamides is 1. The Morgan fingerprint density at radius 1 is 1.22 bits per heavy atom. The van der Waals surface area contributed by atoms with Crippen LogP contribution < -0.4 is 8.31 Å². The Balaban J connectivity index is 1.91. The summed E-state index contributed by atoms with van der Waals surface area (Å²) in [6.45, 7) is -0.234. The number of fused-ring (bicyclic) bond motifs is 5. The number of benzene rings is 1. The molecule has 0 aromatic carbocycles. The summed E-state index contributed by atoms with van der Waals surface area (Å²) in [5, 5.41) is 0. The third kappa shape index (κ3) is 2.47. The maximum absolute atomic E-state index is 12.2. The first-order valence-electron chi connectivity index (χ1n) is 5.50. The molecule has 1 aliphatic rings. The van der Waals surface area contributed by atoms with Gasteiger partial charge in [-0.05, 0) is 0 Å². The lowest BCUT2D eigenvalue weighted by molar-refractivity contribution is -0.0442. The average Bonchev–Trinajstić information content (AvgIpc) is 2.98. The molecule has 0 aliphatic carbocycles. The Morgan fingerprint density at radius 3 is 2.48 bits per heavy atom. The lowest BCUT2D eigenvalue weighted by Crippen LogP contribution is -2.42. The lowest BCUT2D eigenvalue weighted by atomic mass is 10.1. The van der Waals surface area contributed by atoms with Gasteiger partial charge >= 0.3 is 31.8 Å². The third-order valence-electron chi connectivity index (χ3n) is 2.79. The molecule has 14 heteroatoms. The van der Waals surface area contributed by atoms with Crippen LogP contribution in [0.25, 0.3) is 11.2 Å². The summed E-state index contributed by atoms with van der Waals surface area (Å²) >= 11 is 0. The minimum Gasteiger partial charge on any atom is -0.457 e. The number of hydrogen-bond acceptors (Lipinski definition) is 8. The maximum atomic E-state index is 12.2. The first-order chi connectivity index (χ1) is 10.4. The molecule has 2 aromatic rings. The molecule has 3 rings (SSSR count). The molecule has 0 fully saturated rings. The van der Waals surface area contributed by atoms with E-state index in [-0.39, 0.29) is 28.9 Å². The molecule has 126 valence electrons. The number of hydrogen-bond donors (Lipinski definition) is 1. The second kappa shape index (κ2) is 4.48. The van der Waals surface area contributed by atoms with Gasteiger partial charge in [0.05, 0.1) is 5.56 Å². The van der Waals surface area contributed by atoms with E-state index in [9.17, 15) is 34.8 Å². The summed E-state index contributed by atoms with van der Waals surface area (Å²) in [5.74, 6) is -1.28. The molecule has 0 saturated heterocycles. The smallest absolute Gasteiger partial charge is 0.457 e. The third-order valence-corrected chi connectivity index (χ3v) is 5.49. The van der Waals surface area contributed by atoms with Crippen molar-refractivity contribution in [1.82, 2.24) is 4.13 Å². The number of esters is 1. The van der Waals surface area contributed by atoms with E-state index in [2.05, 4.69) is 8.92 Å². The van der Waals surface area contributed by atoms with E-state index in [1.54, 1.807) is 0 Å². The Hall–Kier alpha value is -2.06. The fourth-order valence-corrected chi connectivity index (χ4v) is 3.87. The molecule has 0 unspecified atom stereocenters. The molecule has 0 atom stereocenters. The van der Waals surface area contributed by atoms with Crippen molar-refractivity contribution >= 4 is 37.5 Å². The number of carbonyl (C=O) groups excluding carboxylic acids is 1. The van der Waals surface area contributed by atoms with Crippen LogP contribution in [0.1, 0.15) is 15.9 Å². The van der Waals surface area contributed by atoms with E-state index in [0.29, 0.717) is 4.13 Å². The topological polar surface area (TPSA) is 129 Å². The van der Waals surface area contributed by atoms with Gasteiger partial charge in [-0.3, -0.25) is 0 Å². The van der Waals surface area contributed by atoms with Crippen LogP contribution in [0, 0.1) is 0 Å². The number of rotatable bonds is 4. The summed E-state index contributed by atoms with van der Waals surface area (Å²) < 4.78 is 95.3. The highest BCUT2D eigenvalue weighted by molar-refractivity contribution is 8.03. The number of nitrogens with one attached hydrogen (secondary N) is 1. The molecule has 0 amide bonds. The van der Waals surface area contributed by atoms with Crippen LogP contribution in [0.2, 0.25) is 0 Å². The summed E-state index contributed by atoms with van der Waals surface area (Å²) in [5.41, 5.74) is -5.96.